The van der Waals surface area contributed by atoms with Gasteiger partial charge in [-0.25, -0.2) is 4.68 Å². The van der Waals surface area contributed by atoms with Gasteiger partial charge in [0.2, 0.25) is 17.7 Å². The van der Waals surface area contributed by atoms with Crippen molar-refractivity contribution >= 4 is 17.5 Å². The first kappa shape index (κ1) is 16.5. The van der Waals surface area contributed by atoms with E-state index in [1.54, 1.807) is 31.2 Å². The van der Waals surface area contributed by atoms with Gasteiger partial charge < -0.3 is 15.5 Å². The Kier molecular flexibility index (Phi) is 3.73. The lowest BCUT2D eigenvalue weighted by Crippen LogP contribution is -2.31. The molecule has 0 spiro atoms. The van der Waals surface area contributed by atoms with Crippen molar-refractivity contribution in [2.24, 2.45) is 5.73 Å². The van der Waals surface area contributed by atoms with Crippen LogP contribution in [0.15, 0.2) is 58.3 Å². The number of anilines is 1. The van der Waals surface area contributed by atoms with Gasteiger partial charge in [0.05, 0.1) is 16.8 Å². The standard InChI is InChI=1S/C17H14N6O4/c1-9-13(15(18)24)14(10-4-6-11(7-5-10)23(25)26)22-17(19-9)20-16(21-22)12-3-2-8-27-12/h2-8,14H,1H3,(H2,18,24)(H,19,20,21). The van der Waals surface area contributed by atoms with Gasteiger partial charge in [0.25, 0.3) is 5.69 Å². The number of nitrogens with two attached hydrogens (primary N) is 1. The zero-order valence-electron chi connectivity index (χ0n) is 14.1. The SMILES string of the molecule is CC1=C(C(N)=O)C(c2ccc([N+](=O)[O-])cc2)n2nc(-c3ccco3)nc2N1. The van der Waals surface area contributed by atoms with E-state index in [1.165, 1.54) is 23.1 Å². The first-order valence-electron chi connectivity index (χ1n) is 7.98. The van der Waals surface area contributed by atoms with Gasteiger partial charge in [0, 0.05) is 17.8 Å². The summed E-state index contributed by atoms with van der Waals surface area (Å²) in [6.07, 6.45) is 1.51. The van der Waals surface area contributed by atoms with Gasteiger partial charge in [0.1, 0.15) is 6.04 Å². The van der Waals surface area contributed by atoms with Crippen LogP contribution >= 0.6 is 0 Å². The quantitative estimate of drug-likeness (QED) is 0.532. The van der Waals surface area contributed by atoms with Gasteiger partial charge in [-0.3, -0.25) is 14.9 Å². The van der Waals surface area contributed by atoms with Crippen molar-refractivity contribution < 1.29 is 14.1 Å². The molecular weight excluding hydrogens is 352 g/mol. The zero-order valence-corrected chi connectivity index (χ0v) is 14.1. The number of furan rings is 1. The average Bonchev–Trinajstić information content (AvgIpc) is 3.29. The maximum absolute atomic E-state index is 12.1. The van der Waals surface area contributed by atoms with Crippen LogP contribution in [0.4, 0.5) is 11.6 Å². The van der Waals surface area contributed by atoms with Crippen molar-refractivity contribution in [2.75, 3.05) is 5.32 Å². The van der Waals surface area contributed by atoms with E-state index in [-0.39, 0.29) is 5.69 Å². The molecule has 1 unspecified atom stereocenters. The molecule has 3 aromatic rings. The molecular formula is C17H14N6O4. The number of primary amides is 1. The number of hydrogen-bond acceptors (Lipinski definition) is 7. The highest BCUT2D eigenvalue weighted by Crippen LogP contribution is 2.36. The van der Waals surface area contributed by atoms with Crippen LogP contribution in [0.1, 0.15) is 18.5 Å². The lowest BCUT2D eigenvalue weighted by Gasteiger charge is -2.27. The zero-order chi connectivity index (χ0) is 19.1. The number of nitrogens with one attached hydrogen (secondary N) is 1. The summed E-state index contributed by atoms with van der Waals surface area (Å²) < 4.78 is 6.86. The predicted molar refractivity (Wildman–Crippen MR) is 94.5 cm³/mol. The van der Waals surface area contributed by atoms with Gasteiger partial charge in [-0.1, -0.05) is 0 Å². The number of nitro groups is 1. The molecule has 0 radical (unpaired) electrons. The van der Waals surface area contributed by atoms with Crippen LogP contribution in [0.2, 0.25) is 0 Å². The molecule has 3 heterocycles. The highest BCUT2D eigenvalue weighted by molar-refractivity contribution is 5.95. The molecule has 1 aliphatic heterocycles. The fourth-order valence-corrected chi connectivity index (χ4v) is 3.07. The maximum Gasteiger partial charge on any atom is 0.269 e. The van der Waals surface area contributed by atoms with E-state index in [0.717, 1.165) is 0 Å². The summed E-state index contributed by atoms with van der Waals surface area (Å²) in [5.41, 5.74) is 7.00. The molecule has 10 heteroatoms. The van der Waals surface area contributed by atoms with E-state index < -0.39 is 16.9 Å². The minimum absolute atomic E-state index is 0.0518. The van der Waals surface area contributed by atoms with Crippen molar-refractivity contribution in [3.63, 3.8) is 0 Å². The Hall–Kier alpha value is -3.95. The number of benzene rings is 1. The second kappa shape index (κ2) is 6.09. The highest BCUT2D eigenvalue weighted by Gasteiger charge is 2.33. The number of nitrogens with zero attached hydrogens (tertiary/aromatic N) is 4. The van der Waals surface area contributed by atoms with E-state index in [9.17, 15) is 14.9 Å². The maximum atomic E-state index is 12.1. The summed E-state index contributed by atoms with van der Waals surface area (Å²) in [6.45, 7) is 1.71. The molecule has 4 rings (SSSR count). The van der Waals surface area contributed by atoms with Crippen LogP contribution in [-0.4, -0.2) is 25.6 Å². The number of amides is 1. The van der Waals surface area contributed by atoms with E-state index in [4.69, 9.17) is 10.2 Å². The highest BCUT2D eigenvalue weighted by atomic mass is 16.6. The number of aromatic nitrogens is 3. The Morgan fingerprint density at radius 2 is 2.07 bits per heavy atom. The number of carbonyl (C=O) groups excluding carboxylic acids is 1. The lowest BCUT2D eigenvalue weighted by molar-refractivity contribution is -0.384. The Labute approximate surface area is 152 Å². The third kappa shape index (κ3) is 2.72. The van der Waals surface area contributed by atoms with E-state index in [0.29, 0.717) is 34.4 Å². The smallest absolute Gasteiger partial charge is 0.269 e. The summed E-state index contributed by atoms with van der Waals surface area (Å²) in [5.74, 6) is 0.601. The summed E-state index contributed by atoms with van der Waals surface area (Å²) in [4.78, 5) is 26.9. The van der Waals surface area contributed by atoms with Crippen molar-refractivity contribution in [2.45, 2.75) is 13.0 Å². The van der Waals surface area contributed by atoms with Crippen LogP contribution in [0.3, 0.4) is 0 Å². The number of carbonyl (C=O) groups is 1. The summed E-state index contributed by atoms with van der Waals surface area (Å²) in [7, 11) is 0. The Morgan fingerprint density at radius 3 is 2.67 bits per heavy atom. The minimum Gasteiger partial charge on any atom is -0.461 e. The van der Waals surface area contributed by atoms with Crippen LogP contribution in [0.25, 0.3) is 11.6 Å². The fourth-order valence-electron chi connectivity index (χ4n) is 3.07. The van der Waals surface area contributed by atoms with E-state index in [1.807, 2.05) is 0 Å². The Balaban J connectivity index is 1.86. The molecule has 1 aliphatic rings. The molecule has 10 nitrogen and oxygen atoms in total. The second-order valence-corrected chi connectivity index (χ2v) is 5.96. The number of allylic oxidation sites excluding steroid dienone is 1. The van der Waals surface area contributed by atoms with E-state index in [2.05, 4.69) is 15.4 Å². The third-order valence-corrected chi connectivity index (χ3v) is 4.28. The molecule has 2 aromatic heterocycles. The van der Waals surface area contributed by atoms with Crippen molar-refractivity contribution in [1.29, 1.82) is 0 Å². The predicted octanol–water partition coefficient (Wildman–Crippen LogP) is 2.22. The summed E-state index contributed by atoms with van der Waals surface area (Å²) >= 11 is 0. The lowest BCUT2D eigenvalue weighted by atomic mass is 9.95. The molecule has 0 saturated heterocycles. The normalized spacial score (nSPS) is 16.0. The first-order chi connectivity index (χ1) is 13.0. The van der Waals surface area contributed by atoms with Crippen molar-refractivity contribution in [3.8, 4) is 11.6 Å². The average molecular weight is 366 g/mol. The Bertz CT molecular complexity index is 1070. The first-order valence-corrected chi connectivity index (χ1v) is 7.98. The number of hydrogen-bond donors (Lipinski definition) is 2. The van der Waals surface area contributed by atoms with Crippen molar-refractivity contribution in [3.05, 3.63) is 69.6 Å². The molecule has 0 saturated carbocycles. The molecule has 0 aliphatic carbocycles. The van der Waals surface area contributed by atoms with Gasteiger partial charge >= 0.3 is 0 Å². The second-order valence-electron chi connectivity index (χ2n) is 5.96. The largest absolute Gasteiger partial charge is 0.461 e. The summed E-state index contributed by atoms with van der Waals surface area (Å²) in [5, 5.41) is 18.4. The minimum atomic E-state index is -0.671. The molecule has 3 N–H and O–H groups in total. The van der Waals surface area contributed by atoms with E-state index >= 15 is 0 Å². The van der Waals surface area contributed by atoms with Gasteiger partial charge in [-0.05, 0) is 36.8 Å². The number of fused-ring (bicyclic) bond motifs is 1. The van der Waals surface area contributed by atoms with Crippen LogP contribution < -0.4 is 11.1 Å². The van der Waals surface area contributed by atoms with Gasteiger partial charge in [-0.15, -0.1) is 5.10 Å². The summed E-state index contributed by atoms with van der Waals surface area (Å²) in [6, 6.07) is 8.65. The van der Waals surface area contributed by atoms with Crippen LogP contribution in [-0.2, 0) is 4.79 Å². The molecule has 1 amide bonds. The number of non-ortho nitro benzene ring substituents is 1. The molecule has 0 bridgehead atoms. The monoisotopic (exact) mass is 366 g/mol. The molecule has 1 aromatic carbocycles. The fraction of sp³-hybridized carbons (Fsp3) is 0.118. The molecule has 136 valence electrons. The van der Waals surface area contributed by atoms with Gasteiger partial charge in [0.15, 0.2) is 5.76 Å². The number of nitro benzene ring substituents is 1. The topological polar surface area (TPSA) is 142 Å². The van der Waals surface area contributed by atoms with Gasteiger partial charge in [-0.2, -0.15) is 4.98 Å². The van der Waals surface area contributed by atoms with Crippen LogP contribution in [0, 0.1) is 10.1 Å². The molecule has 0 fully saturated rings. The molecule has 1 atom stereocenters. The molecule has 27 heavy (non-hydrogen) atoms. The Morgan fingerprint density at radius 1 is 1.33 bits per heavy atom. The van der Waals surface area contributed by atoms with Crippen LogP contribution in [0.5, 0.6) is 0 Å². The van der Waals surface area contributed by atoms with Crippen molar-refractivity contribution in [1.82, 2.24) is 14.8 Å². The number of rotatable bonds is 4. The third-order valence-electron chi connectivity index (χ3n) is 4.28.